The number of aromatic nitrogens is 2. The van der Waals surface area contributed by atoms with Gasteiger partial charge in [-0.2, -0.15) is 0 Å². The van der Waals surface area contributed by atoms with Crippen molar-refractivity contribution in [3.8, 4) is 0 Å². The number of rotatable bonds is 6. The molecule has 0 aromatic carbocycles. The number of aliphatic hydroxyl groups excluding tert-OH is 1. The summed E-state index contributed by atoms with van der Waals surface area (Å²) in [4.78, 5) is 13.6. The summed E-state index contributed by atoms with van der Waals surface area (Å²) in [6.07, 6.45) is 0.841. The Bertz CT molecular complexity index is 347. The minimum Gasteiger partial charge on any atom is -0.395 e. The summed E-state index contributed by atoms with van der Waals surface area (Å²) in [7, 11) is 1.74. The molecule has 17 heavy (non-hydrogen) atoms. The number of nitrogens with zero attached hydrogens (tertiary/aromatic N) is 3. The molecule has 0 spiro atoms. The van der Waals surface area contributed by atoms with E-state index >= 15 is 0 Å². The molecule has 6 nitrogen and oxygen atoms in total. The fourth-order valence-electron chi connectivity index (χ4n) is 1.45. The largest absolute Gasteiger partial charge is 0.395 e. The van der Waals surface area contributed by atoms with Crippen molar-refractivity contribution in [3.63, 3.8) is 0 Å². The number of carbonyl (C=O) groups excluding carboxylic acids is 1. The molecule has 1 aromatic heterocycles. The Morgan fingerprint density at radius 1 is 1.41 bits per heavy atom. The molecule has 1 heterocycles. The van der Waals surface area contributed by atoms with E-state index in [-0.39, 0.29) is 12.5 Å². The van der Waals surface area contributed by atoms with Crippen LogP contribution < -0.4 is 5.32 Å². The lowest BCUT2D eigenvalue weighted by Crippen LogP contribution is -2.34. The Balaban J connectivity index is 2.77. The average Bonchev–Trinajstić information content (AvgIpc) is 2.38. The maximum absolute atomic E-state index is 12.0. The van der Waals surface area contributed by atoms with Crippen LogP contribution in [0.2, 0.25) is 0 Å². The maximum Gasteiger partial charge on any atom is 0.274 e. The van der Waals surface area contributed by atoms with Gasteiger partial charge in [0.25, 0.3) is 5.91 Å². The van der Waals surface area contributed by atoms with Crippen LogP contribution in [0.3, 0.4) is 0 Å². The predicted molar refractivity (Wildman–Crippen MR) is 64.9 cm³/mol. The van der Waals surface area contributed by atoms with Gasteiger partial charge in [-0.05, 0) is 18.6 Å². The smallest absolute Gasteiger partial charge is 0.274 e. The maximum atomic E-state index is 12.0. The second-order valence-electron chi connectivity index (χ2n) is 3.57. The van der Waals surface area contributed by atoms with E-state index < -0.39 is 0 Å². The van der Waals surface area contributed by atoms with E-state index in [0.29, 0.717) is 24.6 Å². The van der Waals surface area contributed by atoms with Gasteiger partial charge in [-0.15, -0.1) is 10.2 Å². The molecule has 0 radical (unpaired) electrons. The fourth-order valence-corrected chi connectivity index (χ4v) is 1.45. The molecule has 94 valence electrons. The van der Waals surface area contributed by atoms with Gasteiger partial charge in [0.2, 0.25) is 0 Å². The molecule has 0 bridgehead atoms. The number of nitrogens with one attached hydrogen (secondary N) is 1. The molecule has 0 aliphatic carbocycles. The predicted octanol–water partition coefficient (Wildman–Crippen LogP) is 0.363. The molecule has 0 aliphatic heterocycles. The SMILES string of the molecule is CCCN(CCO)C(=O)c1ccc(NC)nn1. The van der Waals surface area contributed by atoms with Gasteiger partial charge in [-0.1, -0.05) is 6.92 Å². The zero-order chi connectivity index (χ0) is 12.7. The summed E-state index contributed by atoms with van der Waals surface area (Å²) in [5.41, 5.74) is 0.297. The lowest BCUT2D eigenvalue weighted by atomic mass is 10.3. The second-order valence-corrected chi connectivity index (χ2v) is 3.57. The van der Waals surface area contributed by atoms with Gasteiger partial charge in [-0.25, -0.2) is 0 Å². The van der Waals surface area contributed by atoms with Crippen molar-refractivity contribution in [2.24, 2.45) is 0 Å². The molecular weight excluding hydrogens is 220 g/mol. The van der Waals surface area contributed by atoms with Gasteiger partial charge < -0.3 is 15.3 Å². The van der Waals surface area contributed by atoms with Crippen LogP contribution >= 0.6 is 0 Å². The molecule has 0 aliphatic rings. The highest BCUT2D eigenvalue weighted by molar-refractivity contribution is 5.92. The zero-order valence-corrected chi connectivity index (χ0v) is 10.2. The van der Waals surface area contributed by atoms with Gasteiger partial charge in [0.1, 0.15) is 5.82 Å². The third kappa shape index (κ3) is 3.67. The molecule has 1 amide bonds. The molecule has 0 atom stereocenters. The van der Waals surface area contributed by atoms with Gasteiger partial charge in [0.05, 0.1) is 6.61 Å². The van der Waals surface area contributed by atoms with Crippen molar-refractivity contribution in [3.05, 3.63) is 17.8 Å². The topological polar surface area (TPSA) is 78.4 Å². The number of anilines is 1. The Hall–Kier alpha value is -1.69. The quantitative estimate of drug-likeness (QED) is 0.748. The van der Waals surface area contributed by atoms with E-state index in [9.17, 15) is 4.79 Å². The van der Waals surface area contributed by atoms with E-state index in [1.165, 1.54) is 0 Å². The van der Waals surface area contributed by atoms with Gasteiger partial charge in [-0.3, -0.25) is 4.79 Å². The van der Waals surface area contributed by atoms with Crippen LogP contribution in [0.1, 0.15) is 23.8 Å². The van der Waals surface area contributed by atoms with Gasteiger partial charge in [0.15, 0.2) is 5.69 Å². The molecule has 1 aromatic rings. The Morgan fingerprint density at radius 3 is 2.65 bits per heavy atom. The first-order valence-corrected chi connectivity index (χ1v) is 5.64. The van der Waals surface area contributed by atoms with Crippen molar-refractivity contribution in [1.29, 1.82) is 0 Å². The average molecular weight is 238 g/mol. The first-order valence-electron chi connectivity index (χ1n) is 5.64. The molecule has 0 unspecified atom stereocenters. The minimum atomic E-state index is -0.198. The van der Waals surface area contributed by atoms with Crippen LogP contribution in [0, 0.1) is 0 Å². The van der Waals surface area contributed by atoms with Crippen molar-refractivity contribution < 1.29 is 9.90 Å². The number of aliphatic hydroxyl groups is 1. The summed E-state index contributed by atoms with van der Waals surface area (Å²) in [5.74, 6) is 0.418. The van der Waals surface area contributed by atoms with E-state index in [2.05, 4.69) is 15.5 Å². The van der Waals surface area contributed by atoms with Crippen LogP contribution in [0.5, 0.6) is 0 Å². The second kappa shape index (κ2) is 6.80. The summed E-state index contributed by atoms with van der Waals surface area (Å²) in [6, 6.07) is 3.32. The third-order valence-electron chi connectivity index (χ3n) is 2.29. The summed E-state index contributed by atoms with van der Waals surface area (Å²) < 4.78 is 0. The van der Waals surface area contributed by atoms with Crippen LogP contribution in [-0.2, 0) is 0 Å². The molecule has 0 fully saturated rings. The third-order valence-corrected chi connectivity index (χ3v) is 2.29. The van der Waals surface area contributed by atoms with Crippen LogP contribution in [-0.4, -0.2) is 52.9 Å². The van der Waals surface area contributed by atoms with Gasteiger partial charge >= 0.3 is 0 Å². The Kier molecular flexibility index (Phi) is 5.35. The summed E-state index contributed by atoms with van der Waals surface area (Å²) in [5, 5.41) is 19.4. The molecule has 2 N–H and O–H groups in total. The summed E-state index contributed by atoms with van der Waals surface area (Å²) >= 11 is 0. The van der Waals surface area contributed by atoms with Crippen LogP contribution in [0.15, 0.2) is 12.1 Å². The highest BCUT2D eigenvalue weighted by Gasteiger charge is 2.16. The monoisotopic (exact) mass is 238 g/mol. The molecular formula is C11H18N4O2. The number of carbonyl (C=O) groups is 1. The van der Waals surface area contributed by atoms with Crippen molar-refractivity contribution in [2.45, 2.75) is 13.3 Å². The lowest BCUT2D eigenvalue weighted by molar-refractivity contribution is 0.0715. The van der Waals surface area contributed by atoms with Crippen LogP contribution in [0.25, 0.3) is 0 Å². The Morgan fingerprint density at radius 2 is 2.18 bits per heavy atom. The number of hydrogen-bond donors (Lipinski definition) is 2. The van der Waals surface area contributed by atoms with E-state index in [1.54, 1.807) is 24.1 Å². The highest BCUT2D eigenvalue weighted by Crippen LogP contribution is 2.05. The zero-order valence-electron chi connectivity index (χ0n) is 10.2. The van der Waals surface area contributed by atoms with E-state index in [1.807, 2.05) is 6.92 Å². The number of amides is 1. The van der Waals surface area contributed by atoms with Crippen molar-refractivity contribution in [1.82, 2.24) is 15.1 Å². The van der Waals surface area contributed by atoms with Crippen LogP contribution in [0.4, 0.5) is 5.82 Å². The molecule has 1 rings (SSSR count). The fraction of sp³-hybridized carbons (Fsp3) is 0.545. The standard InChI is InChI=1S/C11H18N4O2/c1-3-6-15(7-8-16)11(17)9-4-5-10(12-2)14-13-9/h4-5,16H,3,6-8H2,1-2H3,(H,12,14). The van der Waals surface area contributed by atoms with Crippen molar-refractivity contribution in [2.75, 3.05) is 32.1 Å². The van der Waals surface area contributed by atoms with E-state index in [0.717, 1.165) is 6.42 Å². The minimum absolute atomic E-state index is 0.0478. The summed E-state index contributed by atoms with van der Waals surface area (Å²) in [6.45, 7) is 2.86. The van der Waals surface area contributed by atoms with E-state index in [4.69, 9.17) is 5.11 Å². The lowest BCUT2D eigenvalue weighted by Gasteiger charge is -2.20. The molecule has 0 saturated heterocycles. The van der Waals surface area contributed by atoms with Gasteiger partial charge in [0, 0.05) is 20.1 Å². The normalized spacial score (nSPS) is 10.1. The first kappa shape index (κ1) is 13.4. The highest BCUT2D eigenvalue weighted by atomic mass is 16.3. The van der Waals surface area contributed by atoms with Crippen molar-refractivity contribution >= 4 is 11.7 Å². The first-order chi connectivity index (χ1) is 8.22. The Labute approximate surface area is 101 Å². The number of hydrogen-bond acceptors (Lipinski definition) is 5. The molecule has 6 heteroatoms. The molecule has 0 saturated carbocycles.